The first-order chi connectivity index (χ1) is 24.8. The van der Waals surface area contributed by atoms with Crippen molar-refractivity contribution in [3.63, 3.8) is 0 Å². The van der Waals surface area contributed by atoms with Gasteiger partial charge in [0.25, 0.3) is 0 Å². The minimum Gasteiger partial charge on any atom is -0.468 e. The zero-order valence-electron chi connectivity index (χ0n) is 29.5. The normalized spacial score (nSPS) is 20.4. The molecule has 0 radical (unpaired) electrons. The van der Waals surface area contributed by atoms with Crippen LogP contribution in [0.4, 0.5) is 15.3 Å². The summed E-state index contributed by atoms with van der Waals surface area (Å²) in [6, 6.07) is 12.9. The van der Waals surface area contributed by atoms with Gasteiger partial charge >= 0.3 is 18.0 Å². The van der Waals surface area contributed by atoms with Crippen LogP contribution in [0, 0.1) is 11.8 Å². The first-order valence-corrected chi connectivity index (χ1v) is 18.6. The summed E-state index contributed by atoms with van der Waals surface area (Å²) in [5.41, 5.74) is 3.89. The standard InChI is InChI=1S/C38H50N8O5/c1-51-35(47)25-43-15-8-27(9-16-43)28-10-17-44(18-11-28)36(48)34(23-26-6-7-33-30(22-26)24-39-42-33)41-37(49)45-19-13-31(14-20-45)46-21-12-29-4-2-3-5-32(29)40-38(46)50/h2-7,22,24,27-28,31,34H,8-21,23,25H2,1H3,(H,39,42)(H,40,50)(H,41,49). The second kappa shape index (κ2) is 15.7. The van der Waals surface area contributed by atoms with E-state index in [1.165, 1.54) is 7.11 Å². The molecule has 4 aliphatic rings. The van der Waals surface area contributed by atoms with E-state index >= 15 is 0 Å². The summed E-state index contributed by atoms with van der Waals surface area (Å²) in [4.78, 5) is 60.6. The third-order valence-corrected chi connectivity index (χ3v) is 11.6. The second-order valence-corrected chi connectivity index (χ2v) is 14.6. The zero-order chi connectivity index (χ0) is 35.3. The Morgan fingerprint density at radius 2 is 1.61 bits per heavy atom. The van der Waals surface area contributed by atoms with Crippen molar-refractivity contribution in [2.24, 2.45) is 11.8 Å². The number of carbonyl (C=O) groups is 4. The number of nitrogens with zero attached hydrogens (tertiary/aromatic N) is 5. The number of aromatic nitrogens is 2. The quantitative estimate of drug-likeness (QED) is 0.303. The minimum absolute atomic E-state index is 0.0438. The lowest BCUT2D eigenvalue weighted by molar-refractivity contribution is -0.142. The van der Waals surface area contributed by atoms with E-state index in [0.29, 0.717) is 70.4 Å². The van der Waals surface area contributed by atoms with Crippen molar-refractivity contribution in [1.29, 1.82) is 0 Å². The van der Waals surface area contributed by atoms with Gasteiger partial charge in [0.2, 0.25) is 5.91 Å². The van der Waals surface area contributed by atoms with E-state index in [1.54, 1.807) is 11.1 Å². The van der Waals surface area contributed by atoms with E-state index in [-0.39, 0.29) is 30.0 Å². The van der Waals surface area contributed by atoms with Gasteiger partial charge in [0.05, 0.1) is 25.4 Å². The molecule has 1 atom stereocenters. The second-order valence-electron chi connectivity index (χ2n) is 14.6. The molecule has 1 aromatic heterocycles. The molecular weight excluding hydrogens is 648 g/mol. The molecule has 272 valence electrons. The number of likely N-dealkylation sites (tertiary alicyclic amines) is 3. The Labute approximate surface area is 299 Å². The number of urea groups is 2. The summed E-state index contributed by atoms with van der Waals surface area (Å²) < 4.78 is 4.84. The number of carbonyl (C=O) groups excluding carboxylic acids is 4. The minimum atomic E-state index is -0.701. The number of H-pyrrole nitrogens is 1. The van der Waals surface area contributed by atoms with Crippen LogP contribution in [0.2, 0.25) is 0 Å². The molecule has 7 rings (SSSR count). The van der Waals surface area contributed by atoms with E-state index in [2.05, 4.69) is 31.8 Å². The number of rotatable bonds is 8. The Kier molecular flexibility index (Phi) is 10.7. The van der Waals surface area contributed by atoms with E-state index in [1.807, 2.05) is 46.2 Å². The maximum atomic E-state index is 14.2. The van der Waals surface area contributed by atoms with E-state index in [4.69, 9.17) is 4.74 Å². The average molecular weight is 699 g/mol. The van der Waals surface area contributed by atoms with E-state index in [0.717, 1.165) is 72.9 Å². The van der Waals surface area contributed by atoms with Crippen LogP contribution < -0.4 is 10.6 Å². The van der Waals surface area contributed by atoms with E-state index in [9.17, 15) is 19.2 Å². The van der Waals surface area contributed by atoms with E-state index < -0.39 is 6.04 Å². The number of amides is 5. The fourth-order valence-electron chi connectivity index (χ4n) is 8.56. The molecule has 3 aromatic rings. The molecule has 13 nitrogen and oxygen atoms in total. The fraction of sp³-hybridized carbons (Fsp3) is 0.553. The van der Waals surface area contributed by atoms with Crippen molar-refractivity contribution < 1.29 is 23.9 Å². The molecule has 4 aliphatic heterocycles. The Hall–Kier alpha value is -4.65. The molecule has 3 saturated heterocycles. The zero-order valence-corrected chi connectivity index (χ0v) is 29.5. The third kappa shape index (κ3) is 8.14. The first-order valence-electron chi connectivity index (χ1n) is 18.6. The Balaban J connectivity index is 0.955. The number of nitrogens with one attached hydrogen (secondary N) is 3. The molecule has 3 fully saturated rings. The lowest BCUT2D eigenvalue weighted by atomic mass is 9.78. The fourth-order valence-corrected chi connectivity index (χ4v) is 8.56. The molecule has 0 bridgehead atoms. The van der Waals surface area contributed by atoms with Gasteiger partial charge in [-0.05, 0) is 99.2 Å². The number of hydrogen-bond acceptors (Lipinski definition) is 7. The summed E-state index contributed by atoms with van der Waals surface area (Å²) in [7, 11) is 1.43. The van der Waals surface area contributed by atoms with Crippen molar-refractivity contribution in [2.75, 3.05) is 64.8 Å². The van der Waals surface area contributed by atoms with Crippen LogP contribution in [-0.4, -0.2) is 125 Å². The molecule has 51 heavy (non-hydrogen) atoms. The third-order valence-electron chi connectivity index (χ3n) is 11.6. The molecular formula is C38H50N8O5. The van der Waals surface area contributed by atoms with Crippen LogP contribution in [0.5, 0.6) is 0 Å². The number of piperidine rings is 3. The van der Waals surface area contributed by atoms with Crippen molar-refractivity contribution in [2.45, 2.75) is 63.5 Å². The Bertz CT molecular complexity index is 1700. The smallest absolute Gasteiger partial charge is 0.322 e. The number of fused-ring (bicyclic) bond motifs is 2. The first kappa shape index (κ1) is 34.8. The van der Waals surface area contributed by atoms with Gasteiger partial charge in [0.1, 0.15) is 6.04 Å². The molecule has 0 aliphatic carbocycles. The lowest BCUT2D eigenvalue weighted by Crippen LogP contribution is -2.57. The molecule has 5 amide bonds. The number of para-hydroxylation sites is 1. The summed E-state index contributed by atoms with van der Waals surface area (Å²) in [6.07, 6.45) is 8.30. The van der Waals surface area contributed by atoms with Gasteiger partial charge in [0, 0.05) is 56.3 Å². The van der Waals surface area contributed by atoms with Crippen molar-refractivity contribution >= 4 is 40.5 Å². The van der Waals surface area contributed by atoms with Gasteiger partial charge in [0.15, 0.2) is 0 Å². The number of ether oxygens (including phenoxy) is 1. The number of benzene rings is 2. The lowest BCUT2D eigenvalue weighted by Gasteiger charge is -2.41. The molecule has 13 heteroatoms. The van der Waals surface area contributed by atoms with Crippen LogP contribution in [-0.2, 0) is 27.2 Å². The van der Waals surface area contributed by atoms with Gasteiger partial charge in [-0.1, -0.05) is 24.3 Å². The van der Waals surface area contributed by atoms with Gasteiger partial charge in [-0.2, -0.15) is 5.10 Å². The highest BCUT2D eigenvalue weighted by Gasteiger charge is 2.36. The number of methoxy groups -OCH3 is 1. The highest BCUT2D eigenvalue weighted by molar-refractivity contribution is 5.91. The van der Waals surface area contributed by atoms with Gasteiger partial charge in [-0.15, -0.1) is 0 Å². The highest BCUT2D eigenvalue weighted by atomic mass is 16.5. The van der Waals surface area contributed by atoms with Crippen molar-refractivity contribution in [3.8, 4) is 0 Å². The monoisotopic (exact) mass is 698 g/mol. The van der Waals surface area contributed by atoms with Gasteiger partial charge in [-0.25, -0.2) is 9.59 Å². The average Bonchev–Trinajstić information content (AvgIpc) is 3.56. The Morgan fingerprint density at radius 3 is 2.35 bits per heavy atom. The Morgan fingerprint density at radius 1 is 0.902 bits per heavy atom. The largest absolute Gasteiger partial charge is 0.468 e. The number of anilines is 1. The molecule has 0 spiro atoms. The summed E-state index contributed by atoms with van der Waals surface area (Å²) in [6.45, 7) is 5.15. The summed E-state index contributed by atoms with van der Waals surface area (Å²) in [5, 5.41) is 14.3. The summed E-state index contributed by atoms with van der Waals surface area (Å²) >= 11 is 0. The maximum Gasteiger partial charge on any atom is 0.322 e. The number of aromatic amines is 1. The summed E-state index contributed by atoms with van der Waals surface area (Å²) in [5.74, 6) is 0.904. The molecule has 2 aromatic carbocycles. The van der Waals surface area contributed by atoms with Crippen LogP contribution in [0.25, 0.3) is 10.9 Å². The highest BCUT2D eigenvalue weighted by Crippen LogP contribution is 2.33. The van der Waals surface area contributed by atoms with Crippen LogP contribution >= 0.6 is 0 Å². The predicted octanol–water partition coefficient (Wildman–Crippen LogP) is 3.86. The van der Waals surface area contributed by atoms with Crippen LogP contribution in [0.1, 0.15) is 49.7 Å². The maximum absolute atomic E-state index is 14.2. The van der Waals surface area contributed by atoms with Crippen LogP contribution in [0.3, 0.4) is 0 Å². The number of esters is 1. The van der Waals surface area contributed by atoms with Crippen LogP contribution in [0.15, 0.2) is 48.7 Å². The van der Waals surface area contributed by atoms with Crippen molar-refractivity contribution in [3.05, 3.63) is 59.8 Å². The van der Waals surface area contributed by atoms with Gasteiger partial charge < -0.3 is 30.1 Å². The topological polar surface area (TPSA) is 143 Å². The number of hydrogen-bond donors (Lipinski definition) is 3. The molecule has 0 saturated carbocycles. The SMILES string of the molecule is COC(=O)CN1CCC(C2CCN(C(=O)C(Cc3ccc4[nH]ncc4c3)NC(=O)N3CCC(N4CCc5ccccc5NC4=O)CC3)CC2)CC1. The van der Waals surface area contributed by atoms with Gasteiger partial charge in [-0.3, -0.25) is 19.6 Å². The molecule has 1 unspecified atom stereocenters. The molecule has 5 heterocycles. The molecule has 3 N–H and O–H groups in total. The predicted molar refractivity (Wildman–Crippen MR) is 193 cm³/mol. The van der Waals surface area contributed by atoms with Crippen molar-refractivity contribution in [1.82, 2.24) is 35.1 Å².